The van der Waals surface area contributed by atoms with E-state index in [1.807, 2.05) is 24.3 Å². The standard InChI is InChI=1S/C22H17ClN4O/c1-2-11-9-15-18(13-7-8-17(23)21-16(13)10-25-27-21)19(24)22(28)26-20(15)14-6-4-3-5-12(11)14/h3-10H,2,24H2,1H3,(H,25,27)(H,26,28). The van der Waals surface area contributed by atoms with Gasteiger partial charge in [0.2, 0.25) is 0 Å². The Bertz CT molecular complexity index is 1450. The van der Waals surface area contributed by atoms with Gasteiger partial charge in [0.15, 0.2) is 0 Å². The Morgan fingerprint density at radius 1 is 1.04 bits per heavy atom. The Morgan fingerprint density at radius 2 is 1.82 bits per heavy atom. The SMILES string of the molecule is CCc1cc2c(-c3ccc(Cl)c4[nH]ncc34)c(N)c(=O)[nH]c2c2ccccc12. The summed E-state index contributed by atoms with van der Waals surface area (Å²) in [4.78, 5) is 15.7. The van der Waals surface area contributed by atoms with Gasteiger partial charge in [-0.15, -0.1) is 0 Å². The van der Waals surface area contributed by atoms with E-state index < -0.39 is 0 Å². The summed E-state index contributed by atoms with van der Waals surface area (Å²) in [5.74, 6) is 0. The van der Waals surface area contributed by atoms with E-state index in [0.717, 1.165) is 44.6 Å². The number of aromatic nitrogens is 3. The summed E-state index contributed by atoms with van der Waals surface area (Å²) in [6.07, 6.45) is 2.58. The number of nitrogens with two attached hydrogens (primary N) is 1. The molecule has 0 amide bonds. The summed E-state index contributed by atoms with van der Waals surface area (Å²) in [6, 6.07) is 13.9. The Hall–Kier alpha value is -3.31. The maximum absolute atomic E-state index is 12.7. The highest BCUT2D eigenvalue weighted by atomic mass is 35.5. The van der Waals surface area contributed by atoms with Gasteiger partial charge in [-0.25, -0.2) is 0 Å². The van der Waals surface area contributed by atoms with Crippen LogP contribution in [0.2, 0.25) is 5.02 Å². The molecule has 28 heavy (non-hydrogen) atoms. The first-order valence-electron chi connectivity index (χ1n) is 9.08. The third kappa shape index (κ3) is 2.26. The highest BCUT2D eigenvalue weighted by Crippen LogP contribution is 2.40. The molecule has 4 N–H and O–H groups in total. The van der Waals surface area contributed by atoms with Crippen LogP contribution in [0.3, 0.4) is 0 Å². The second kappa shape index (κ2) is 6.11. The van der Waals surface area contributed by atoms with Gasteiger partial charge in [-0.3, -0.25) is 9.89 Å². The van der Waals surface area contributed by atoms with Crippen molar-refractivity contribution in [2.45, 2.75) is 13.3 Å². The lowest BCUT2D eigenvalue weighted by Gasteiger charge is -2.15. The van der Waals surface area contributed by atoms with Gasteiger partial charge < -0.3 is 10.7 Å². The van der Waals surface area contributed by atoms with Crippen molar-refractivity contribution in [3.05, 3.63) is 69.6 Å². The number of aromatic amines is 2. The quantitative estimate of drug-likeness (QED) is 0.371. The zero-order chi connectivity index (χ0) is 19.4. The van der Waals surface area contributed by atoms with Crippen molar-refractivity contribution in [2.24, 2.45) is 0 Å². The number of fused-ring (bicyclic) bond motifs is 4. The van der Waals surface area contributed by atoms with Crippen molar-refractivity contribution in [1.29, 1.82) is 0 Å². The number of pyridine rings is 1. The molecular formula is C22H17ClN4O. The number of hydrogen-bond acceptors (Lipinski definition) is 3. The normalized spacial score (nSPS) is 11.6. The first-order valence-corrected chi connectivity index (χ1v) is 9.46. The van der Waals surface area contributed by atoms with Crippen LogP contribution in [0.15, 0.2) is 53.5 Å². The number of nitrogen functional groups attached to an aromatic ring is 1. The highest BCUT2D eigenvalue weighted by Gasteiger charge is 2.18. The van der Waals surface area contributed by atoms with Crippen molar-refractivity contribution in [3.8, 4) is 11.1 Å². The van der Waals surface area contributed by atoms with Gasteiger partial charge in [0.25, 0.3) is 5.56 Å². The Kier molecular flexibility index (Phi) is 3.67. The van der Waals surface area contributed by atoms with Gasteiger partial charge in [0, 0.05) is 21.7 Å². The molecule has 0 aliphatic heterocycles. The summed E-state index contributed by atoms with van der Waals surface area (Å²) >= 11 is 6.30. The zero-order valence-electron chi connectivity index (χ0n) is 15.1. The molecule has 3 aromatic carbocycles. The van der Waals surface area contributed by atoms with Crippen LogP contribution in [0.25, 0.3) is 43.7 Å². The van der Waals surface area contributed by atoms with E-state index >= 15 is 0 Å². The van der Waals surface area contributed by atoms with Crippen molar-refractivity contribution >= 4 is 49.9 Å². The molecule has 2 aromatic heterocycles. The lowest BCUT2D eigenvalue weighted by atomic mass is 9.92. The van der Waals surface area contributed by atoms with Crippen LogP contribution in [0.5, 0.6) is 0 Å². The second-order valence-corrected chi connectivity index (χ2v) is 7.26. The summed E-state index contributed by atoms with van der Waals surface area (Å²) in [7, 11) is 0. The lowest BCUT2D eigenvalue weighted by molar-refractivity contribution is 1.12. The van der Waals surface area contributed by atoms with E-state index in [1.54, 1.807) is 12.3 Å². The van der Waals surface area contributed by atoms with Crippen molar-refractivity contribution in [3.63, 3.8) is 0 Å². The minimum atomic E-state index is -0.302. The Morgan fingerprint density at radius 3 is 2.61 bits per heavy atom. The van der Waals surface area contributed by atoms with Crippen LogP contribution in [0.4, 0.5) is 5.69 Å². The Labute approximate surface area is 165 Å². The number of H-pyrrole nitrogens is 2. The van der Waals surface area contributed by atoms with Crippen LogP contribution in [0, 0.1) is 0 Å². The first kappa shape index (κ1) is 16.8. The predicted molar refractivity (Wildman–Crippen MR) is 116 cm³/mol. The van der Waals surface area contributed by atoms with Gasteiger partial charge >= 0.3 is 0 Å². The molecule has 5 rings (SSSR count). The van der Waals surface area contributed by atoms with Crippen molar-refractivity contribution < 1.29 is 0 Å². The number of anilines is 1. The van der Waals surface area contributed by atoms with Crippen molar-refractivity contribution in [1.82, 2.24) is 15.2 Å². The van der Waals surface area contributed by atoms with Gasteiger partial charge in [0.1, 0.15) is 5.69 Å². The molecule has 0 fully saturated rings. The summed E-state index contributed by atoms with van der Waals surface area (Å²) in [5.41, 5.74) is 10.5. The molecule has 0 saturated carbocycles. The average molecular weight is 389 g/mol. The first-order chi connectivity index (χ1) is 13.6. The van der Waals surface area contributed by atoms with E-state index in [2.05, 4.69) is 34.2 Å². The largest absolute Gasteiger partial charge is 0.394 e. The molecule has 138 valence electrons. The van der Waals surface area contributed by atoms with Crippen LogP contribution in [-0.4, -0.2) is 15.2 Å². The molecule has 0 bridgehead atoms. The van der Waals surface area contributed by atoms with E-state index in [9.17, 15) is 4.79 Å². The van der Waals surface area contributed by atoms with Gasteiger partial charge in [-0.05, 0) is 35.1 Å². The summed E-state index contributed by atoms with van der Waals surface area (Å²) in [6.45, 7) is 2.12. The fourth-order valence-corrected chi connectivity index (χ4v) is 4.23. The minimum absolute atomic E-state index is 0.189. The fourth-order valence-electron chi connectivity index (χ4n) is 4.02. The second-order valence-electron chi connectivity index (χ2n) is 6.85. The van der Waals surface area contributed by atoms with Crippen LogP contribution in [-0.2, 0) is 6.42 Å². The summed E-state index contributed by atoms with van der Waals surface area (Å²) in [5, 5.41) is 11.5. The molecule has 0 unspecified atom stereocenters. The monoisotopic (exact) mass is 388 g/mol. The molecule has 0 radical (unpaired) electrons. The molecule has 0 spiro atoms. The fraction of sp³-hybridized carbons (Fsp3) is 0.0909. The smallest absolute Gasteiger partial charge is 0.272 e. The van der Waals surface area contributed by atoms with E-state index in [4.69, 9.17) is 17.3 Å². The maximum Gasteiger partial charge on any atom is 0.272 e. The topological polar surface area (TPSA) is 87.6 Å². The van der Waals surface area contributed by atoms with Crippen LogP contribution in [0.1, 0.15) is 12.5 Å². The van der Waals surface area contributed by atoms with Gasteiger partial charge in [-0.1, -0.05) is 48.9 Å². The van der Waals surface area contributed by atoms with Crippen LogP contribution >= 0.6 is 11.6 Å². The molecule has 5 nitrogen and oxygen atoms in total. The molecule has 0 atom stereocenters. The zero-order valence-corrected chi connectivity index (χ0v) is 15.9. The summed E-state index contributed by atoms with van der Waals surface area (Å²) < 4.78 is 0. The minimum Gasteiger partial charge on any atom is -0.394 e. The number of hydrogen-bond donors (Lipinski definition) is 3. The lowest BCUT2D eigenvalue weighted by Crippen LogP contribution is -2.14. The maximum atomic E-state index is 12.7. The number of rotatable bonds is 2. The average Bonchev–Trinajstić information content (AvgIpc) is 3.21. The molecule has 5 aromatic rings. The number of benzene rings is 3. The number of nitrogens with zero attached hydrogens (tertiary/aromatic N) is 1. The molecule has 0 saturated heterocycles. The Balaban J connectivity index is 2.03. The molecule has 0 aliphatic rings. The van der Waals surface area contributed by atoms with E-state index in [1.165, 1.54) is 5.56 Å². The van der Waals surface area contributed by atoms with Crippen LogP contribution < -0.4 is 11.3 Å². The number of nitrogens with one attached hydrogen (secondary N) is 2. The van der Waals surface area contributed by atoms with Gasteiger partial charge in [0.05, 0.1) is 22.3 Å². The predicted octanol–water partition coefficient (Wildman–Crippen LogP) is 5.02. The third-order valence-electron chi connectivity index (χ3n) is 5.37. The molecule has 2 heterocycles. The molecule has 0 aliphatic carbocycles. The highest BCUT2D eigenvalue weighted by molar-refractivity contribution is 6.35. The van der Waals surface area contributed by atoms with E-state index in [-0.39, 0.29) is 11.2 Å². The molecule has 6 heteroatoms. The van der Waals surface area contributed by atoms with E-state index in [0.29, 0.717) is 10.6 Å². The number of halogens is 1. The third-order valence-corrected chi connectivity index (χ3v) is 5.68. The molecular weight excluding hydrogens is 372 g/mol. The van der Waals surface area contributed by atoms with Gasteiger partial charge in [-0.2, -0.15) is 5.10 Å². The van der Waals surface area contributed by atoms with Crippen molar-refractivity contribution in [2.75, 3.05) is 5.73 Å². The number of aryl methyl sites for hydroxylation is 1.